The molecule has 0 spiro atoms. The van der Waals surface area contributed by atoms with Crippen molar-refractivity contribution < 1.29 is 5.11 Å². The lowest BCUT2D eigenvalue weighted by molar-refractivity contribution is 0.311. The minimum atomic E-state index is -0.201. The van der Waals surface area contributed by atoms with E-state index in [0.717, 1.165) is 0 Å². The van der Waals surface area contributed by atoms with Crippen LogP contribution in [0, 0.1) is 0 Å². The van der Waals surface area contributed by atoms with E-state index >= 15 is 0 Å². The molecule has 19 heavy (non-hydrogen) atoms. The summed E-state index contributed by atoms with van der Waals surface area (Å²) in [7, 11) is 0. The Balaban J connectivity index is 2.24. The van der Waals surface area contributed by atoms with Gasteiger partial charge in [0, 0.05) is 6.54 Å². The van der Waals surface area contributed by atoms with Crippen molar-refractivity contribution >= 4 is 22.4 Å². The van der Waals surface area contributed by atoms with Gasteiger partial charge in [0.2, 0.25) is 0 Å². The summed E-state index contributed by atoms with van der Waals surface area (Å²) in [4.78, 5) is 16.7. The molecule has 1 aromatic carbocycles. The number of hydrogen-bond donors (Lipinski definition) is 2. The van der Waals surface area contributed by atoms with Crippen molar-refractivity contribution in [1.29, 1.82) is 0 Å². The molecule has 6 nitrogen and oxygen atoms in total. The van der Waals surface area contributed by atoms with E-state index in [9.17, 15) is 4.79 Å². The number of nitrogens with one attached hydrogen (secondary N) is 1. The molecule has 0 unspecified atom stereocenters. The number of aliphatic hydroxyl groups is 1. The average Bonchev–Trinajstić information content (AvgIpc) is 2.46. The third kappa shape index (κ3) is 2.02. The molecule has 0 saturated carbocycles. The minimum Gasteiger partial charge on any atom is -0.395 e. The van der Waals surface area contributed by atoms with E-state index in [0.29, 0.717) is 28.9 Å². The topological polar surface area (TPSA) is 79.5 Å². The molecule has 0 radical (unpaired) electrons. The molecular formula is C13H12N4O2. The highest BCUT2D eigenvalue weighted by Gasteiger charge is 2.06. The van der Waals surface area contributed by atoms with Gasteiger partial charge in [-0.1, -0.05) is 12.1 Å². The molecule has 0 amide bonds. The summed E-state index contributed by atoms with van der Waals surface area (Å²) in [6, 6.07) is 10.6. The summed E-state index contributed by atoms with van der Waals surface area (Å²) >= 11 is 0. The molecule has 0 atom stereocenters. The van der Waals surface area contributed by atoms with Crippen LogP contribution in [0.5, 0.6) is 0 Å². The van der Waals surface area contributed by atoms with Gasteiger partial charge in [-0.05, 0) is 24.3 Å². The number of rotatable bonds is 3. The highest BCUT2D eigenvalue weighted by Crippen LogP contribution is 2.09. The third-order valence-corrected chi connectivity index (χ3v) is 2.79. The maximum absolute atomic E-state index is 12.3. The number of nitrogens with zero attached hydrogens (tertiary/aromatic N) is 3. The lowest BCUT2D eigenvalue weighted by Crippen LogP contribution is -2.19. The van der Waals surface area contributed by atoms with Crippen LogP contribution >= 0.6 is 0 Å². The molecule has 0 aliphatic heterocycles. The lowest BCUT2D eigenvalue weighted by atomic mass is 10.2. The Hall–Kier alpha value is -2.47. The lowest BCUT2D eigenvalue weighted by Gasteiger charge is -2.06. The summed E-state index contributed by atoms with van der Waals surface area (Å²) in [5, 5.41) is 16.4. The summed E-state index contributed by atoms with van der Waals surface area (Å²) in [6.07, 6.45) is 0. The van der Waals surface area contributed by atoms with Crippen molar-refractivity contribution in [2.24, 2.45) is 0 Å². The van der Waals surface area contributed by atoms with Crippen LogP contribution in [0.25, 0.3) is 16.6 Å². The van der Waals surface area contributed by atoms with Crippen LogP contribution in [0.2, 0.25) is 0 Å². The fourth-order valence-electron chi connectivity index (χ4n) is 1.92. The van der Waals surface area contributed by atoms with Gasteiger partial charge in [-0.25, -0.2) is 4.98 Å². The molecule has 3 rings (SSSR count). The Morgan fingerprint density at radius 1 is 1.21 bits per heavy atom. The molecule has 0 saturated heterocycles. The van der Waals surface area contributed by atoms with E-state index in [4.69, 9.17) is 5.11 Å². The number of para-hydroxylation sites is 1. The third-order valence-electron chi connectivity index (χ3n) is 2.79. The van der Waals surface area contributed by atoms with Crippen LogP contribution in [0.15, 0.2) is 41.2 Å². The number of hydrogen-bond acceptors (Lipinski definition) is 5. The first kappa shape index (κ1) is 11.6. The number of aromatic nitrogens is 3. The van der Waals surface area contributed by atoms with Crippen LogP contribution in [0.4, 0.5) is 5.82 Å². The van der Waals surface area contributed by atoms with E-state index in [1.165, 1.54) is 4.52 Å². The second-order valence-corrected chi connectivity index (χ2v) is 4.07. The maximum Gasteiger partial charge on any atom is 0.282 e. The van der Waals surface area contributed by atoms with Gasteiger partial charge in [-0.3, -0.25) is 4.79 Å². The standard InChI is InChI=1S/C13H12N4O2/c18-8-7-14-11-5-6-12-15-10-4-2-1-3-9(10)13(19)17(12)16-11/h1-6,18H,7-8H2,(H,14,16). The summed E-state index contributed by atoms with van der Waals surface area (Å²) in [5.74, 6) is 0.528. The molecule has 0 aliphatic rings. The molecule has 96 valence electrons. The fraction of sp³-hybridized carbons (Fsp3) is 0.154. The Morgan fingerprint density at radius 3 is 2.89 bits per heavy atom. The fourth-order valence-corrected chi connectivity index (χ4v) is 1.92. The molecule has 6 heteroatoms. The maximum atomic E-state index is 12.3. The normalized spacial score (nSPS) is 11.0. The molecule has 2 heterocycles. The second kappa shape index (κ2) is 4.66. The van der Waals surface area contributed by atoms with E-state index in [1.54, 1.807) is 30.3 Å². The second-order valence-electron chi connectivity index (χ2n) is 4.07. The quantitative estimate of drug-likeness (QED) is 0.672. The summed E-state index contributed by atoms with van der Waals surface area (Å²) in [5.41, 5.74) is 0.955. The first-order chi connectivity index (χ1) is 9.29. The van der Waals surface area contributed by atoms with Crippen molar-refractivity contribution in [3.63, 3.8) is 0 Å². The zero-order valence-electron chi connectivity index (χ0n) is 10.1. The van der Waals surface area contributed by atoms with Crippen LogP contribution in [0.3, 0.4) is 0 Å². The summed E-state index contributed by atoms with van der Waals surface area (Å²) < 4.78 is 1.27. The van der Waals surface area contributed by atoms with Gasteiger partial charge in [0.25, 0.3) is 5.56 Å². The zero-order chi connectivity index (χ0) is 13.2. The first-order valence-corrected chi connectivity index (χ1v) is 5.93. The SMILES string of the molecule is O=c1c2ccccc2nc2ccc(NCCO)nn12. The van der Waals surface area contributed by atoms with Gasteiger partial charge < -0.3 is 10.4 Å². The Kier molecular flexibility index (Phi) is 2.85. The van der Waals surface area contributed by atoms with Gasteiger partial charge in [-0.15, -0.1) is 5.10 Å². The van der Waals surface area contributed by atoms with Crippen LogP contribution in [0.1, 0.15) is 0 Å². The van der Waals surface area contributed by atoms with Gasteiger partial charge >= 0.3 is 0 Å². The predicted molar refractivity (Wildman–Crippen MR) is 72.3 cm³/mol. The summed E-state index contributed by atoms with van der Waals surface area (Å²) in [6.45, 7) is 0.388. The van der Waals surface area contributed by atoms with Crippen molar-refractivity contribution in [3.8, 4) is 0 Å². The Bertz CT molecular complexity index is 797. The van der Waals surface area contributed by atoms with Crippen LogP contribution in [-0.2, 0) is 0 Å². The van der Waals surface area contributed by atoms with Crippen LogP contribution in [-0.4, -0.2) is 32.9 Å². The minimum absolute atomic E-state index is 0.00455. The van der Waals surface area contributed by atoms with E-state index in [2.05, 4.69) is 15.4 Å². The monoisotopic (exact) mass is 256 g/mol. The Morgan fingerprint density at radius 2 is 2.05 bits per heavy atom. The van der Waals surface area contributed by atoms with Gasteiger partial charge in [0.05, 0.1) is 17.5 Å². The molecule has 0 bridgehead atoms. The van der Waals surface area contributed by atoms with Crippen LogP contribution < -0.4 is 10.9 Å². The molecule has 0 fully saturated rings. The molecular weight excluding hydrogens is 244 g/mol. The highest BCUT2D eigenvalue weighted by atomic mass is 16.3. The van der Waals surface area contributed by atoms with E-state index in [-0.39, 0.29) is 12.2 Å². The highest BCUT2D eigenvalue weighted by molar-refractivity contribution is 5.79. The smallest absolute Gasteiger partial charge is 0.282 e. The van der Waals surface area contributed by atoms with Gasteiger partial charge in [-0.2, -0.15) is 4.52 Å². The van der Waals surface area contributed by atoms with Crippen molar-refractivity contribution in [1.82, 2.24) is 14.6 Å². The van der Waals surface area contributed by atoms with Crippen molar-refractivity contribution in [3.05, 3.63) is 46.8 Å². The van der Waals surface area contributed by atoms with Gasteiger partial charge in [0.1, 0.15) is 5.82 Å². The molecule has 2 aromatic heterocycles. The zero-order valence-corrected chi connectivity index (χ0v) is 10.1. The number of anilines is 1. The average molecular weight is 256 g/mol. The molecule has 2 N–H and O–H groups in total. The van der Waals surface area contributed by atoms with Crippen molar-refractivity contribution in [2.75, 3.05) is 18.5 Å². The molecule has 0 aliphatic carbocycles. The predicted octanol–water partition coefficient (Wildman–Crippen LogP) is 0.647. The largest absolute Gasteiger partial charge is 0.395 e. The van der Waals surface area contributed by atoms with E-state index in [1.807, 2.05) is 6.07 Å². The number of benzene rings is 1. The van der Waals surface area contributed by atoms with Crippen molar-refractivity contribution in [2.45, 2.75) is 0 Å². The Labute approximate surface area is 108 Å². The van der Waals surface area contributed by atoms with E-state index < -0.39 is 0 Å². The first-order valence-electron chi connectivity index (χ1n) is 5.93. The number of aliphatic hydroxyl groups excluding tert-OH is 1. The molecule has 3 aromatic rings. The number of fused-ring (bicyclic) bond motifs is 2. The van der Waals surface area contributed by atoms with Gasteiger partial charge in [0.15, 0.2) is 5.65 Å².